The molecule has 0 atom stereocenters. The van der Waals surface area contributed by atoms with Crippen molar-refractivity contribution in [3.8, 4) is 40.3 Å². The SMILES string of the molecule is COc1ccc(-c2cnc(-c3ccncc3C(=O)On3c(O)ccc3O)o2)cc1. The maximum atomic E-state index is 12.6. The molecule has 4 aromatic rings. The summed E-state index contributed by atoms with van der Waals surface area (Å²) in [5.74, 6) is -0.327. The molecule has 0 spiro atoms. The fourth-order valence-corrected chi connectivity index (χ4v) is 2.66. The van der Waals surface area contributed by atoms with Crippen molar-refractivity contribution in [2.45, 2.75) is 0 Å². The molecule has 9 nitrogen and oxygen atoms in total. The number of aromatic hydroxyl groups is 2. The molecule has 2 N–H and O–H groups in total. The Morgan fingerprint density at radius 3 is 2.45 bits per heavy atom. The fourth-order valence-electron chi connectivity index (χ4n) is 2.66. The molecule has 3 aromatic heterocycles. The summed E-state index contributed by atoms with van der Waals surface area (Å²) in [7, 11) is 1.58. The predicted octanol–water partition coefficient (Wildman–Crippen LogP) is 2.89. The number of carbonyl (C=O) groups excluding carboxylic acids is 1. The van der Waals surface area contributed by atoms with Crippen molar-refractivity contribution in [2.24, 2.45) is 0 Å². The highest BCUT2D eigenvalue weighted by Gasteiger charge is 2.21. The Morgan fingerprint density at radius 2 is 1.76 bits per heavy atom. The normalized spacial score (nSPS) is 10.7. The Morgan fingerprint density at radius 1 is 1.03 bits per heavy atom. The zero-order valence-corrected chi connectivity index (χ0v) is 15.1. The fraction of sp³-hybridized carbons (Fsp3) is 0.0500. The van der Waals surface area contributed by atoms with Crippen molar-refractivity contribution in [3.63, 3.8) is 0 Å². The van der Waals surface area contributed by atoms with Gasteiger partial charge < -0.3 is 24.2 Å². The van der Waals surface area contributed by atoms with E-state index in [1.165, 1.54) is 30.7 Å². The standard InChI is InChI=1S/C20H15N3O6/c1-27-13-4-2-12(3-5-13)16-11-22-19(28-16)14-8-9-21-10-15(14)20(26)29-23-17(24)6-7-18(23)25/h2-11,24-25H,1H3. The van der Waals surface area contributed by atoms with Gasteiger partial charge in [-0.1, -0.05) is 0 Å². The lowest BCUT2D eigenvalue weighted by Gasteiger charge is -2.08. The minimum Gasteiger partial charge on any atom is -0.497 e. The lowest BCUT2D eigenvalue weighted by molar-refractivity contribution is 0.0382. The number of oxazole rings is 1. The number of carbonyl (C=O) groups is 1. The number of ether oxygens (including phenoxy) is 1. The lowest BCUT2D eigenvalue weighted by atomic mass is 10.1. The second-order valence-electron chi connectivity index (χ2n) is 5.90. The molecule has 3 heterocycles. The van der Waals surface area contributed by atoms with E-state index in [0.29, 0.717) is 21.8 Å². The number of pyridine rings is 1. The molecule has 0 aliphatic heterocycles. The molecule has 146 valence electrons. The minimum atomic E-state index is -0.862. The van der Waals surface area contributed by atoms with Gasteiger partial charge in [0.1, 0.15) is 5.75 Å². The van der Waals surface area contributed by atoms with Gasteiger partial charge in [0, 0.05) is 30.1 Å². The van der Waals surface area contributed by atoms with E-state index in [1.54, 1.807) is 25.3 Å². The Hall–Kier alpha value is -4.27. The first-order chi connectivity index (χ1) is 14.1. The Labute approximate surface area is 164 Å². The van der Waals surface area contributed by atoms with Crippen LogP contribution in [0, 0.1) is 0 Å². The van der Waals surface area contributed by atoms with Crippen molar-refractivity contribution >= 4 is 5.97 Å². The molecule has 0 aliphatic rings. The van der Waals surface area contributed by atoms with Gasteiger partial charge >= 0.3 is 5.97 Å². The van der Waals surface area contributed by atoms with Gasteiger partial charge in [-0.05, 0) is 30.3 Å². The van der Waals surface area contributed by atoms with Gasteiger partial charge in [0.05, 0.1) is 24.4 Å². The predicted molar refractivity (Wildman–Crippen MR) is 100 cm³/mol. The minimum absolute atomic E-state index is 0.0446. The van der Waals surface area contributed by atoms with Crippen LogP contribution in [0.1, 0.15) is 10.4 Å². The first-order valence-corrected chi connectivity index (χ1v) is 8.44. The summed E-state index contributed by atoms with van der Waals surface area (Å²) < 4.78 is 11.5. The number of nitrogens with zero attached hydrogens (tertiary/aromatic N) is 3. The van der Waals surface area contributed by atoms with Crippen LogP contribution in [0.5, 0.6) is 17.5 Å². The summed E-state index contributed by atoms with van der Waals surface area (Å²) in [5, 5.41) is 19.3. The summed E-state index contributed by atoms with van der Waals surface area (Å²) in [5.41, 5.74) is 1.17. The van der Waals surface area contributed by atoms with Gasteiger partial charge in [-0.15, -0.1) is 4.73 Å². The zero-order valence-electron chi connectivity index (χ0n) is 15.1. The average molecular weight is 393 g/mol. The Kier molecular flexibility index (Phi) is 4.62. The van der Waals surface area contributed by atoms with E-state index in [9.17, 15) is 15.0 Å². The molecule has 0 amide bonds. The summed E-state index contributed by atoms with van der Waals surface area (Å²) in [6, 6.07) is 11.1. The van der Waals surface area contributed by atoms with Crippen molar-refractivity contribution < 1.29 is 29.0 Å². The van der Waals surface area contributed by atoms with Crippen LogP contribution < -0.4 is 9.57 Å². The summed E-state index contributed by atoms with van der Waals surface area (Å²) in [4.78, 5) is 25.8. The quantitative estimate of drug-likeness (QED) is 0.531. The highest BCUT2D eigenvalue weighted by atomic mass is 16.7. The molecule has 9 heteroatoms. The number of rotatable bonds is 5. The maximum Gasteiger partial charge on any atom is 0.366 e. The van der Waals surface area contributed by atoms with Crippen molar-refractivity contribution in [1.29, 1.82) is 0 Å². The molecule has 4 rings (SSSR count). The van der Waals surface area contributed by atoms with Gasteiger partial charge in [-0.3, -0.25) is 4.98 Å². The molecular formula is C20H15N3O6. The topological polar surface area (TPSA) is 120 Å². The third-order valence-electron chi connectivity index (χ3n) is 4.12. The van der Waals surface area contributed by atoms with E-state index in [1.807, 2.05) is 12.1 Å². The highest BCUT2D eigenvalue weighted by Crippen LogP contribution is 2.29. The summed E-state index contributed by atoms with van der Waals surface area (Å²) in [6.07, 6.45) is 4.30. The van der Waals surface area contributed by atoms with Gasteiger partial charge in [0.15, 0.2) is 5.76 Å². The second kappa shape index (κ2) is 7.39. The van der Waals surface area contributed by atoms with E-state index in [-0.39, 0.29) is 11.5 Å². The van der Waals surface area contributed by atoms with Gasteiger partial charge in [0.2, 0.25) is 17.7 Å². The van der Waals surface area contributed by atoms with E-state index >= 15 is 0 Å². The number of methoxy groups -OCH3 is 1. The molecule has 0 saturated carbocycles. The van der Waals surface area contributed by atoms with Crippen LogP contribution in [0.25, 0.3) is 22.8 Å². The first-order valence-electron chi connectivity index (χ1n) is 8.44. The van der Waals surface area contributed by atoms with E-state index in [2.05, 4.69) is 9.97 Å². The molecule has 29 heavy (non-hydrogen) atoms. The smallest absolute Gasteiger partial charge is 0.366 e. The summed E-state index contributed by atoms with van der Waals surface area (Å²) in [6.45, 7) is 0. The summed E-state index contributed by atoms with van der Waals surface area (Å²) >= 11 is 0. The monoisotopic (exact) mass is 393 g/mol. The average Bonchev–Trinajstić information content (AvgIpc) is 3.36. The lowest BCUT2D eigenvalue weighted by Crippen LogP contribution is -2.20. The third kappa shape index (κ3) is 3.48. The number of aromatic nitrogens is 3. The third-order valence-corrected chi connectivity index (χ3v) is 4.12. The molecule has 0 radical (unpaired) electrons. The van der Waals surface area contributed by atoms with Crippen molar-refractivity contribution in [3.05, 3.63) is 66.6 Å². The molecule has 0 fully saturated rings. The maximum absolute atomic E-state index is 12.6. The largest absolute Gasteiger partial charge is 0.497 e. The Balaban J connectivity index is 1.65. The van der Waals surface area contributed by atoms with Crippen molar-refractivity contribution in [2.75, 3.05) is 7.11 Å². The molecule has 0 unspecified atom stereocenters. The highest BCUT2D eigenvalue weighted by molar-refractivity contribution is 5.96. The zero-order chi connectivity index (χ0) is 20.4. The van der Waals surface area contributed by atoms with Gasteiger partial charge in [0.25, 0.3) is 0 Å². The van der Waals surface area contributed by atoms with Crippen LogP contribution in [0.4, 0.5) is 0 Å². The molecule has 0 aliphatic carbocycles. The van der Waals surface area contributed by atoms with Gasteiger partial charge in [-0.25, -0.2) is 9.78 Å². The van der Waals surface area contributed by atoms with Crippen LogP contribution >= 0.6 is 0 Å². The molecular weight excluding hydrogens is 378 g/mol. The number of hydrogen-bond acceptors (Lipinski definition) is 8. The van der Waals surface area contributed by atoms with Gasteiger partial charge in [-0.2, -0.15) is 0 Å². The van der Waals surface area contributed by atoms with Crippen LogP contribution in [-0.4, -0.2) is 38.0 Å². The number of hydrogen-bond donors (Lipinski definition) is 2. The van der Waals surface area contributed by atoms with E-state index < -0.39 is 17.7 Å². The van der Waals surface area contributed by atoms with Crippen LogP contribution in [0.3, 0.4) is 0 Å². The van der Waals surface area contributed by atoms with Crippen LogP contribution in [-0.2, 0) is 0 Å². The van der Waals surface area contributed by atoms with E-state index in [4.69, 9.17) is 14.0 Å². The Bertz CT molecular complexity index is 1140. The second-order valence-corrected chi connectivity index (χ2v) is 5.90. The van der Waals surface area contributed by atoms with E-state index in [0.717, 1.165) is 5.56 Å². The van der Waals surface area contributed by atoms with Crippen LogP contribution in [0.15, 0.2) is 65.5 Å². The van der Waals surface area contributed by atoms with Crippen LogP contribution in [0.2, 0.25) is 0 Å². The van der Waals surface area contributed by atoms with Crippen molar-refractivity contribution in [1.82, 2.24) is 14.7 Å². The molecule has 0 saturated heterocycles. The molecule has 1 aromatic carbocycles. The number of benzene rings is 1. The first kappa shape index (κ1) is 18.1. The molecule has 0 bridgehead atoms.